The number of halogens is 1. The van der Waals surface area contributed by atoms with E-state index in [1.165, 1.54) is 0 Å². The van der Waals surface area contributed by atoms with Gasteiger partial charge in [-0.15, -0.1) is 0 Å². The van der Waals surface area contributed by atoms with Crippen LogP contribution in [0.1, 0.15) is 6.42 Å². The number of ether oxygens (including phenoxy) is 1. The molecular weight excluding hydrogens is 368 g/mol. The normalized spacial score (nSPS) is 11.8. The van der Waals surface area contributed by atoms with E-state index in [9.17, 15) is 8.42 Å². The summed E-state index contributed by atoms with van der Waals surface area (Å²) in [4.78, 5) is 8.35. The Bertz CT molecular complexity index is 973. The maximum atomic E-state index is 11.3. The van der Waals surface area contributed by atoms with E-state index < -0.39 is 10.1 Å². The molecule has 0 saturated heterocycles. The summed E-state index contributed by atoms with van der Waals surface area (Å²) in [5, 5.41) is 0.372. The molecule has 0 radical (unpaired) electrons. The summed E-state index contributed by atoms with van der Waals surface area (Å²) in [7, 11) is -2.36. The van der Waals surface area contributed by atoms with Gasteiger partial charge in [0.2, 0.25) is 5.89 Å². The first kappa shape index (κ1) is 17.7. The van der Waals surface area contributed by atoms with Gasteiger partial charge in [0.25, 0.3) is 10.1 Å². The summed E-state index contributed by atoms with van der Waals surface area (Å²) in [6.07, 6.45) is 3.59. The number of hydrogen-bond acceptors (Lipinski definition) is 7. The summed E-state index contributed by atoms with van der Waals surface area (Å²) in [6, 6.07) is 6.87. The number of pyridine rings is 1. The van der Waals surface area contributed by atoms with Crippen molar-refractivity contribution in [3.8, 4) is 17.2 Å². The average molecular weight is 383 g/mol. The van der Waals surface area contributed by atoms with Crippen LogP contribution in [0.15, 0.2) is 41.1 Å². The van der Waals surface area contributed by atoms with Gasteiger partial charge in [0.1, 0.15) is 11.3 Å². The molecule has 0 N–H and O–H groups in total. The lowest BCUT2D eigenvalue weighted by molar-refractivity contribution is 0.314. The molecule has 0 aliphatic carbocycles. The Morgan fingerprint density at radius 3 is 2.72 bits per heavy atom. The van der Waals surface area contributed by atoms with E-state index in [0.717, 1.165) is 12.7 Å². The fourth-order valence-electron chi connectivity index (χ4n) is 2.16. The third-order valence-electron chi connectivity index (χ3n) is 3.42. The van der Waals surface area contributed by atoms with E-state index in [-0.39, 0.29) is 18.8 Å². The van der Waals surface area contributed by atoms with Crippen LogP contribution in [0.4, 0.5) is 0 Å². The first-order valence-corrected chi connectivity index (χ1v) is 9.35. The van der Waals surface area contributed by atoms with Crippen LogP contribution in [0.2, 0.25) is 5.02 Å². The zero-order valence-electron chi connectivity index (χ0n) is 13.3. The molecule has 0 fully saturated rings. The SMILES string of the molecule is COS(=O)(=O)CCCOc1cc2oc(-c3ccncc3)nc2cc1Cl. The van der Waals surface area contributed by atoms with Gasteiger partial charge in [0, 0.05) is 24.0 Å². The summed E-state index contributed by atoms with van der Waals surface area (Å²) < 4.78 is 38.2. The van der Waals surface area contributed by atoms with Crippen molar-refractivity contribution >= 4 is 32.8 Å². The van der Waals surface area contributed by atoms with Crippen LogP contribution in [0.5, 0.6) is 5.75 Å². The van der Waals surface area contributed by atoms with Gasteiger partial charge in [-0.3, -0.25) is 9.17 Å². The molecule has 25 heavy (non-hydrogen) atoms. The fourth-order valence-corrected chi connectivity index (χ4v) is 3.01. The molecule has 3 rings (SSSR count). The Morgan fingerprint density at radius 1 is 1.24 bits per heavy atom. The number of rotatable bonds is 7. The summed E-state index contributed by atoms with van der Waals surface area (Å²) in [5.74, 6) is 0.732. The molecule has 0 aliphatic heterocycles. The topological polar surface area (TPSA) is 91.5 Å². The van der Waals surface area contributed by atoms with Gasteiger partial charge < -0.3 is 9.15 Å². The highest BCUT2D eigenvalue weighted by atomic mass is 35.5. The largest absolute Gasteiger partial charge is 0.492 e. The van der Waals surface area contributed by atoms with Crippen LogP contribution in [-0.4, -0.2) is 37.9 Å². The van der Waals surface area contributed by atoms with Crippen LogP contribution in [0.3, 0.4) is 0 Å². The van der Waals surface area contributed by atoms with E-state index in [0.29, 0.717) is 27.8 Å². The molecule has 7 nitrogen and oxygen atoms in total. The molecule has 0 unspecified atom stereocenters. The molecule has 0 atom stereocenters. The Labute approximate surface area is 149 Å². The summed E-state index contributed by atoms with van der Waals surface area (Å²) >= 11 is 6.20. The number of fused-ring (bicyclic) bond motifs is 1. The minimum absolute atomic E-state index is 0.127. The van der Waals surface area contributed by atoms with E-state index in [4.69, 9.17) is 20.8 Å². The predicted molar refractivity (Wildman–Crippen MR) is 93.2 cm³/mol. The molecular formula is C16H15ClN2O5S. The Hall–Kier alpha value is -2.16. The van der Waals surface area contributed by atoms with E-state index in [1.807, 2.05) is 0 Å². The quantitative estimate of drug-likeness (QED) is 0.457. The zero-order chi connectivity index (χ0) is 17.9. The van der Waals surface area contributed by atoms with Crippen molar-refractivity contribution in [1.29, 1.82) is 0 Å². The number of oxazole rings is 1. The Kier molecular flexibility index (Phi) is 5.22. The van der Waals surface area contributed by atoms with Gasteiger partial charge in [-0.05, 0) is 24.6 Å². The van der Waals surface area contributed by atoms with Gasteiger partial charge in [-0.2, -0.15) is 8.42 Å². The molecule has 2 aromatic heterocycles. The van der Waals surface area contributed by atoms with Crippen LogP contribution in [0.25, 0.3) is 22.6 Å². The number of nitrogens with zero attached hydrogens (tertiary/aromatic N) is 2. The zero-order valence-corrected chi connectivity index (χ0v) is 14.9. The van der Waals surface area contributed by atoms with Crippen LogP contribution >= 0.6 is 11.6 Å². The minimum Gasteiger partial charge on any atom is -0.492 e. The Morgan fingerprint density at radius 2 is 2.00 bits per heavy atom. The standard InChI is InChI=1S/C16H15ClN2O5S/c1-22-25(20,21)8-2-7-23-14-10-15-13(9-12(14)17)19-16(24-15)11-3-5-18-6-4-11/h3-6,9-10H,2,7-8H2,1H3. The minimum atomic E-state index is -3.49. The summed E-state index contributed by atoms with van der Waals surface area (Å²) in [5.41, 5.74) is 1.93. The maximum absolute atomic E-state index is 11.3. The molecule has 132 valence electrons. The van der Waals surface area contributed by atoms with Crippen molar-refractivity contribution in [2.75, 3.05) is 19.5 Å². The summed E-state index contributed by atoms with van der Waals surface area (Å²) in [6.45, 7) is 0.180. The monoisotopic (exact) mass is 382 g/mol. The van der Waals surface area contributed by atoms with E-state index in [2.05, 4.69) is 14.2 Å². The van der Waals surface area contributed by atoms with Gasteiger partial charge in [0.15, 0.2) is 5.58 Å². The first-order valence-electron chi connectivity index (χ1n) is 7.40. The van der Waals surface area contributed by atoms with Gasteiger partial charge in [-0.1, -0.05) is 11.6 Å². The predicted octanol–water partition coefficient (Wildman–Crippen LogP) is 3.29. The van der Waals surface area contributed by atoms with Crippen molar-refractivity contribution < 1.29 is 21.8 Å². The number of hydrogen-bond donors (Lipinski definition) is 0. The fraction of sp³-hybridized carbons (Fsp3) is 0.250. The van der Waals surface area contributed by atoms with Crippen LogP contribution in [-0.2, 0) is 14.3 Å². The highest BCUT2D eigenvalue weighted by molar-refractivity contribution is 7.86. The maximum Gasteiger partial charge on any atom is 0.267 e. The third-order valence-corrected chi connectivity index (χ3v) is 5.01. The van der Waals surface area contributed by atoms with E-state index >= 15 is 0 Å². The van der Waals surface area contributed by atoms with Crippen LogP contribution in [0, 0.1) is 0 Å². The van der Waals surface area contributed by atoms with E-state index in [1.54, 1.807) is 36.7 Å². The van der Waals surface area contributed by atoms with Gasteiger partial charge in [0.05, 0.1) is 24.5 Å². The second-order valence-electron chi connectivity index (χ2n) is 5.14. The molecule has 0 saturated carbocycles. The molecule has 9 heteroatoms. The van der Waals surface area contributed by atoms with Crippen LogP contribution < -0.4 is 4.74 Å². The first-order chi connectivity index (χ1) is 12.0. The second-order valence-corrected chi connectivity index (χ2v) is 7.40. The van der Waals surface area contributed by atoms with Crippen molar-refractivity contribution in [1.82, 2.24) is 9.97 Å². The lowest BCUT2D eigenvalue weighted by Crippen LogP contribution is -2.11. The second kappa shape index (κ2) is 7.38. The van der Waals surface area contributed by atoms with Gasteiger partial charge >= 0.3 is 0 Å². The lowest BCUT2D eigenvalue weighted by atomic mass is 10.3. The average Bonchev–Trinajstić information content (AvgIpc) is 3.02. The Balaban J connectivity index is 1.75. The highest BCUT2D eigenvalue weighted by Gasteiger charge is 2.13. The van der Waals surface area contributed by atoms with Crippen molar-refractivity contribution in [3.05, 3.63) is 41.7 Å². The molecule has 0 bridgehead atoms. The van der Waals surface area contributed by atoms with Crippen molar-refractivity contribution in [2.24, 2.45) is 0 Å². The number of aromatic nitrogens is 2. The lowest BCUT2D eigenvalue weighted by Gasteiger charge is -2.07. The van der Waals surface area contributed by atoms with Crippen molar-refractivity contribution in [2.45, 2.75) is 6.42 Å². The molecule has 0 spiro atoms. The number of benzene rings is 1. The molecule has 1 aromatic carbocycles. The molecule has 2 heterocycles. The highest BCUT2D eigenvalue weighted by Crippen LogP contribution is 2.32. The molecule has 3 aromatic rings. The smallest absolute Gasteiger partial charge is 0.267 e. The molecule has 0 aliphatic rings. The third kappa shape index (κ3) is 4.28. The van der Waals surface area contributed by atoms with Crippen molar-refractivity contribution in [3.63, 3.8) is 0 Å². The molecule has 0 amide bonds. The van der Waals surface area contributed by atoms with Gasteiger partial charge in [-0.25, -0.2) is 4.98 Å².